The highest BCUT2D eigenvalue weighted by Gasteiger charge is 2.32. The first kappa shape index (κ1) is 16.0. The van der Waals surface area contributed by atoms with Gasteiger partial charge in [0.15, 0.2) is 6.04 Å². The van der Waals surface area contributed by atoms with Gasteiger partial charge in [-0.1, -0.05) is 60.1 Å². The highest BCUT2D eigenvalue weighted by atomic mass is 35.5. The van der Waals surface area contributed by atoms with Gasteiger partial charge in [0.05, 0.1) is 0 Å². The number of quaternary nitrogens is 1. The number of amides is 1. The summed E-state index contributed by atoms with van der Waals surface area (Å²) in [6.07, 6.45) is 2.18. The van der Waals surface area contributed by atoms with Gasteiger partial charge in [-0.25, -0.2) is 0 Å². The Morgan fingerprint density at radius 1 is 1.13 bits per heavy atom. The molecule has 2 aromatic rings. The lowest BCUT2D eigenvalue weighted by Gasteiger charge is -2.21. The third kappa shape index (κ3) is 4.12. The van der Waals surface area contributed by atoms with Gasteiger partial charge in [0, 0.05) is 22.2 Å². The van der Waals surface area contributed by atoms with Crippen molar-refractivity contribution in [3.8, 4) is 0 Å². The van der Waals surface area contributed by atoms with Gasteiger partial charge in [0.25, 0.3) is 5.91 Å². The van der Waals surface area contributed by atoms with Crippen molar-refractivity contribution in [2.75, 3.05) is 0 Å². The molecule has 1 amide bonds. The van der Waals surface area contributed by atoms with Crippen molar-refractivity contribution >= 4 is 17.5 Å². The first-order valence-corrected chi connectivity index (χ1v) is 8.47. The Morgan fingerprint density at radius 2 is 1.78 bits per heavy atom. The summed E-state index contributed by atoms with van der Waals surface area (Å²) in [6, 6.07) is 17.9. The molecule has 0 aromatic heterocycles. The molecule has 1 aliphatic rings. The number of carbonyl (C=O) groups is 1. The van der Waals surface area contributed by atoms with Crippen LogP contribution in [0.2, 0.25) is 5.02 Å². The molecular weight excluding hydrogens is 308 g/mol. The van der Waals surface area contributed by atoms with E-state index in [1.807, 2.05) is 54.6 Å². The SMILES string of the molecule is C[C@@H]([NH2+][C@H](C(=O)NC1CC1)c1ccccc1)c1ccccc1Cl. The molecule has 2 atom stereocenters. The van der Waals surface area contributed by atoms with Gasteiger partial charge in [0.2, 0.25) is 0 Å². The van der Waals surface area contributed by atoms with Crippen LogP contribution in [0, 0.1) is 0 Å². The number of hydrogen-bond acceptors (Lipinski definition) is 1. The zero-order chi connectivity index (χ0) is 16.2. The maximum absolute atomic E-state index is 12.7. The highest BCUT2D eigenvalue weighted by Crippen LogP contribution is 2.22. The van der Waals surface area contributed by atoms with Crippen molar-refractivity contribution in [2.24, 2.45) is 0 Å². The summed E-state index contributed by atoms with van der Waals surface area (Å²) in [5, 5.41) is 5.95. The zero-order valence-corrected chi connectivity index (χ0v) is 14.0. The van der Waals surface area contributed by atoms with Crippen LogP contribution in [-0.2, 0) is 4.79 Å². The molecule has 1 aliphatic carbocycles. The molecule has 0 aliphatic heterocycles. The molecule has 120 valence electrons. The average Bonchev–Trinajstić information content (AvgIpc) is 3.37. The largest absolute Gasteiger partial charge is 0.348 e. The van der Waals surface area contributed by atoms with Crippen molar-refractivity contribution in [1.29, 1.82) is 0 Å². The van der Waals surface area contributed by atoms with E-state index in [-0.39, 0.29) is 18.0 Å². The molecule has 3 N–H and O–H groups in total. The van der Waals surface area contributed by atoms with Crippen molar-refractivity contribution in [3.05, 3.63) is 70.7 Å². The average molecular weight is 330 g/mol. The van der Waals surface area contributed by atoms with Gasteiger partial charge in [-0.3, -0.25) is 4.79 Å². The molecule has 0 saturated heterocycles. The number of nitrogens with two attached hydrogens (primary N) is 1. The van der Waals surface area contributed by atoms with Crippen LogP contribution in [0.3, 0.4) is 0 Å². The number of hydrogen-bond donors (Lipinski definition) is 2. The van der Waals surface area contributed by atoms with E-state index in [0.29, 0.717) is 6.04 Å². The second kappa shape index (κ2) is 7.16. The first-order chi connectivity index (χ1) is 11.1. The summed E-state index contributed by atoms with van der Waals surface area (Å²) in [5.74, 6) is 0.0811. The Kier molecular flexibility index (Phi) is 4.99. The predicted molar refractivity (Wildman–Crippen MR) is 92.1 cm³/mol. The fourth-order valence-corrected chi connectivity index (χ4v) is 3.07. The Balaban J connectivity index is 1.80. The molecule has 3 nitrogen and oxygen atoms in total. The quantitative estimate of drug-likeness (QED) is 0.841. The predicted octanol–water partition coefficient (Wildman–Crippen LogP) is 2.98. The third-order valence-electron chi connectivity index (χ3n) is 4.24. The fourth-order valence-electron chi connectivity index (χ4n) is 2.77. The second-order valence-corrected chi connectivity index (χ2v) is 6.58. The molecule has 1 saturated carbocycles. The number of nitrogens with one attached hydrogen (secondary N) is 1. The van der Waals surface area contributed by atoms with E-state index >= 15 is 0 Å². The van der Waals surface area contributed by atoms with E-state index in [2.05, 4.69) is 17.6 Å². The van der Waals surface area contributed by atoms with Crippen molar-refractivity contribution in [3.63, 3.8) is 0 Å². The Labute approximate surface area is 142 Å². The summed E-state index contributed by atoms with van der Waals surface area (Å²) < 4.78 is 0. The summed E-state index contributed by atoms with van der Waals surface area (Å²) >= 11 is 6.30. The maximum atomic E-state index is 12.7. The van der Waals surface area contributed by atoms with Crippen LogP contribution in [0.5, 0.6) is 0 Å². The summed E-state index contributed by atoms with van der Waals surface area (Å²) in [5.41, 5.74) is 2.07. The van der Waals surface area contributed by atoms with Crippen LogP contribution in [-0.4, -0.2) is 11.9 Å². The lowest BCUT2D eigenvalue weighted by atomic mass is 10.0. The van der Waals surface area contributed by atoms with Crippen molar-refractivity contribution in [2.45, 2.75) is 37.9 Å². The molecule has 0 bridgehead atoms. The normalized spacial score (nSPS) is 16.6. The van der Waals surface area contributed by atoms with Crippen LogP contribution in [0.25, 0.3) is 0 Å². The van der Waals surface area contributed by atoms with Crippen LogP contribution < -0.4 is 10.6 Å². The molecular formula is C19H22ClN2O+. The number of halogens is 1. The van der Waals surface area contributed by atoms with E-state index in [4.69, 9.17) is 11.6 Å². The first-order valence-electron chi connectivity index (χ1n) is 8.10. The van der Waals surface area contributed by atoms with Crippen LogP contribution in [0.4, 0.5) is 0 Å². The minimum absolute atomic E-state index is 0.0811. The molecule has 0 radical (unpaired) electrons. The maximum Gasteiger partial charge on any atom is 0.283 e. The Bertz CT molecular complexity index is 670. The lowest BCUT2D eigenvalue weighted by Crippen LogP contribution is -2.88. The molecule has 1 fully saturated rings. The van der Waals surface area contributed by atoms with Crippen LogP contribution >= 0.6 is 11.6 Å². The van der Waals surface area contributed by atoms with E-state index in [0.717, 1.165) is 29.0 Å². The number of benzene rings is 2. The second-order valence-electron chi connectivity index (χ2n) is 6.17. The monoisotopic (exact) mass is 329 g/mol. The molecule has 0 unspecified atom stereocenters. The summed E-state index contributed by atoms with van der Waals surface area (Å²) in [4.78, 5) is 12.7. The van der Waals surface area contributed by atoms with Crippen molar-refractivity contribution in [1.82, 2.24) is 5.32 Å². The third-order valence-corrected chi connectivity index (χ3v) is 4.59. The van der Waals surface area contributed by atoms with Crippen LogP contribution in [0.1, 0.15) is 43.0 Å². The summed E-state index contributed by atoms with van der Waals surface area (Å²) in [7, 11) is 0. The topological polar surface area (TPSA) is 45.7 Å². The lowest BCUT2D eigenvalue weighted by molar-refractivity contribution is -0.719. The molecule has 0 heterocycles. The highest BCUT2D eigenvalue weighted by molar-refractivity contribution is 6.31. The molecule has 23 heavy (non-hydrogen) atoms. The van der Waals surface area contributed by atoms with E-state index in [9.17, 15) is 4.79 Å². The van der Waals surface area contributed by atoms with Gasteiger partial charge >= 0.3 is 0 Å². The van der Waals surface area contributed by atoms with Crippen molar-refractivity contribution < 1.29 is 10.1 Å². The molecule has 4 heteroatoms. The molecule has 3 rings (SSSR count). The van der Waals surface area contributed by atoms with Gasteiger partial charge < -0.3 is 10.6 Å². The molecule has 2 aromatic carbocycles. The Hall–Kier alpha value is -1.84. The summed E-state index contributed by atoms with van der Waals surface area (Å²) in [6.45, 7) is 2.08. The van der Waals surface area contributed by atoms with E-state index in [1.54, 1.807) is 0 Å². The van der Waals surface area contributed by atoms with Gasteiger partial charge in [-0.15, -0.1) is 0 Å². The Morgan fingerprint density at radius 3 is 2.43 bits per heavy atom. The fraction of sp³-hybridized carbons (Fsp3) is 0.316. The smallest absolute Gasteiger partial charge is 0.283 e. The van der Waals surface area contributed by atoms with Gasteiger partial charge in [0.1, 0.15) is 6.04 Å². The molecule has 0 spiro atoms. The number of rotatable bonds is 6. The van der Waals surface area contributed by atoms with E-state index < -0.39 is 0 Å². The van der Waals surface area contributed by atoms with Crippen LogP contribution in [0.15, 0.2) is 54.6 Å². The van der Waals surface area contributed by atoms with Gasteiger partial charge in [-0.2, -0.15) is 0 Å². The standard InChI is InChI=1S/C19H21ClN2O/c1-13(16-9-5-6-10-17(16)20)21-18(14-7-3-2-4-8-14)19(23)22-15-11-12-15/h2-10,13,15,18,21H,11-12H2,1H3,(H,22,23)/p+1/t13-,18+/m1/s1. The number of carbonyl (C=O) groups excluding carboxylic acids is 1. The zero-order valence-electron chi connectivity index (χ0n) is 13.2. The minimum Gasteiger partial charge on any atom is -0.348 e. The van der Waals surface area contributed by atoms with E-state index in [1.165, 1.54) is 0 Å². The van der Waals surface area contributed by atoms with Gasteiger partial charge in [-0.05, 0) is 25.8 Å². The minimum atomic E-state index is -0.261.